The predicted octanol–water partition coefficient (Wildman–Crippen LogP) is 5.57. The first-order valence-corrected chi connectivity index (χ1v) is 11.0. The molecule has 4 rings (SSSR count). The molecule has 3 aromatic rings. The fourth-order valence-corrected chi connectivity index (χ4v) is 4.51. The van der Waals surface area contributed by atoms with Crippen LogP contribution in [0.15, 0.2) is 55.0 Å². The lowest BCUT2D eigenvalue weighted by molar-refractivity contribution is 0.0833. The number of aromatic amines is 1. The van der Waals surface area contributed by atoms with E-state index in [1.54, 1.807) is 6.33 Å². The van der Waals surface area contributed by atoms with Crippen LogP contribution in [0, 0.1) is 19.8 Å². The SMILES string of the molecule is Cc1cccc(C(Cc2ccc(NC(=S)C3CCOCC3)cc2)c2cnc[nH]2)c1C. The number of ether oxygens (including phenoxy) is 1. The van der Waals surface area contributed by atoms with Crippen molar-refractivity contribution in [3.05, 3.63) is 82.9 Å². The quantitative estimate of drug-likeness (QED) is 0.513. The van der Waals surface area contributed by atoms with Gasteiger partial charge < -0.3 is 15.0 Å². The summed E-state index contributed by atoms with van der Waals surface area (Å²) in [5, 5.41) is 3.43. The van der Waals surface area contributed by atoms with Gasteiger partial charge in [-0.3, -0.25) is 0 Å². The van der Waals surface area contributed by atoms with Crippen LogP contribution in [-0.4, -0.2) is 28.2 Å². The molecule has 1 saturated heterocycles. The van der Waals surface area contributed by atoms with Crippen LogP contribution >= 0.6 is 12.2 Å². The van der Waals surface area contributed by atoms with Crippen LogP contribution in [0.2, 0.25) is 0 Å². The molecule has 0 radical (unpaired) electrons. The molecular weight excluding hydrogens is 390 g/mol. The van der Waals surface area contributed by atoms with E-state index >= 15 is 0 Å². The molecule has 0 aliphatic carbocycles. The lowest BCUT2D eigenvalue weighted by Gasteiger charge is -2.23. The van der Waals surface area contributed by atoms with Crippen LogP contribution in [0.4, 0.5) is 5.69 Å². The minimum atomic E-state index is 0.245. The predicted molar refractivity (Wildman–Crippen MR) is 126 cm³/mol. The molecule has 0 spiro atoms. The standard InChI is InChI=1S/C25H29N3OS/c1-17-4-3-5-22(18(17)2)23(24-15-26-16-27-24)14-19-6-8-21(9-7-19)28-25(30)20-10-12-29-13-11-20/h3-9,15-16,20,23H,10-14H2,1-2H3,(H,26,27)(H,28,30). The van der Waals surface area contributed by atoms with E-state index in [0.29, 0.717) is 5.92 Å². The summed E-state index contributed by atoms with van der Waals surface area (Å²) in [5.41, 5.74) is 7.50. The molecule has 1 unspecified atom stereocenters. The van der Waals surface area contributed by atoms with Crippen LogP contribution in [0.1, 0.15) is 46.7 Å². The first kappa shape index (κ1) is 20.8. The second-order valence-corrected chi connectivity index (χ2v) is 8.57. The van der Waals surface area contributed by atoms with E-state index < -0.39 is 0 Å². The third-order valence-electron chi connectivity index (χ3n) is 6.17. The van der Waals surface area contributed by atoms with E-state index in [-0.39, 0.29) is 5.92 Å². The number of anilines is 1. The van der Waals surface area contributed by atoms with Gasteiger partial charge in [-0.1, -0.05) is 42.5 Å². The van der Waals surface area contributed by atoms with E-state index in [2.05, 4.69) is 71.6 Å². The van der Waals surface area contributed by atoms with Gasteiger partial charge in [0.15, 0.2) is 0 Å². The molecule has 2 heterocycles. The van der Waals surface area contributed by atoms with Gasteiger partial charge in [-0.05, 0) is 67.5 Å². The maximum Gasteiger partial charge on any atom is 0.0921 e. The number of nitrogens with one attached hydrogen (secondary N) is 2. The van der Waals surface area contributed by atoms with E-state index in [1.807, 2.05) is 6.20 Å². The van der Waals surface area contributed by atoms with Gasteiger partial charge in [0.1, 0.15) is 0 Å². The lowest BCUT2D eigenvalue weighted by atomic mass is 9.85. The topological polar surface area (TPSA) is 49.9 Å². The number of imidazole rings is 1. The Morgan fingerprint density at radius 1 is 1.17 bits per heavy atom. The summed E-state index contributed by atoms with van der Waals surface area (Å²) >= 11 is 5.63. The van der Waals surface area contributed by atoms with Crippen LogP contribution in [-0.2, 0) is 11.2 Å². The zero-order valence-electron chi connectivity index (χ0n) is 17.7. The normalized spacial score (nSPS) is 15.7. The van der Waals surface area contributed by atoms with Crippen molar-refractivity contribution >= 4 is 22.9 Å². The molecule has 1 atom stereocenters. The fourth-order valence-electron chi connectivity index (χ4n) is 4.16. The summed E-state index contributed by atoms with van der Waals surface area (Å²) < 4.78 is 5.44. The number of hydrogen-bond acceptors (Lipinski definition) is 3. The van der Waals surface area contributed by atoms with Crippen molar-refractivity contribution in [1.82, 2.24) is 9.97 Å². The second kappa shape index (κ2) is 9.54. The Bertz CT molecular complexity index is 976. The zero-order chi connectivity index (χ0) is 20.9. The molecule has 2 N–H and O–H groups in total. The average Bonchev–Trinajstić information content (AvgIpc) is 3.31. The summed E-state index contributed by atoms with van der Waals surface area (Å²) in [7, 11) is 0. The summed E-state index contributed by atoms with van der Waals surface area (Å²) in [5.74, 6) is 0.664. The highest BCUT2D eigenvalue weighted by Crippen LogP contribution is 2.31. The Balaban J connectivity index is 1.50. The van der Waals surface area contributed by atoms with Crippen LogP contribution < -0.4 is 5.32 Å². The number of rotatable bonds is 6. The summed E-state index contributed by atoms with van der Waals surface area (Å²) in [6.07, 6.45) is 6.63. The Hall–Kier alpha value is -2.50. The maximum absolute atomic E-state index is 5.63. The largest absolute Gasteiger partial charge is 0.381 e. The first-order valence-electron chi connectivity index (χ1n) is 10.6. The highest BCUT2D eigenvalue weighted by molar-refractivity contribution is 7.80. The van der Waals surface area contributed by atoms with Crippen LogP contribution in [0.5, 0.6) is 0 Å². The summed E-state index contributed by atoms with van der Waals surface area (Å²) in [4.78, 5) is 8.52. The number of thiocarbonyl (C=S) groups is 1. The Kier molecular flexibility index (Phi) is 6.60. The highest BCUT2D eigenvalue weighted by atomic mass is 32.1. The first-order chi connectivity index (χ1) is 14.6. The maximum atomic E-state index is 5.63. The number of hydrogen-bond donors (Lipinski definition) is 2. The smallest absolute Gasteiger partial charge is 0.0921 e. The summed E-state index contributed by atoms with van der Waals surface area (Å²) in [6.45, 7) is 5.99. The molecule has 156 valence electrons. The molecule has 30 heavy (non-hydrogen) atoms. The molecule has 0 bridgehead atoms. The van der Waals surface area contributed by atoms with Gasteiger partial charge in [0.25, 0.3) is 0 Å². The van der Waals surface area contributed by atoms with Crippen molar-refractivity contribution in [3.63, 3.8) is 0 Å². The molecule has 1 aliphatic rings. The molecule has 1 aliphatic heterocycles. The third kappa shape index (κ3) is 4.79. The molecular formula is C25H29N3OS. The molecule has 0 saturated carbocycles. The Morgan fingerprint density at radius 3 is 2.63 bits per heavy atom. The second-order valence-electron chi connectivity index (χ2n) is 8.13. The third-order valence-corrected chi connectivity index (χ3v) is 6.61. The van der Waals surface area contributed by atoms with Gasteiger partial charge in [0.05, 0.1) is 11.3 Å². The zero-order valence-corrected chi connectivity index (χ0v) is 18.5. The summed E-state index contributed by atoms with van der Waals surface area (Å²) in [6, 6.07) is 15.2. The number of benzene rings is 2. The van der Waals surface area contributed by atoms with Crippen molar-refractivity contribution in [2.75, 3.05) is 18.5 Å². The number of aryl methyl sites for hydroxylation is 1. The average molecular weight is 420 g/mol. The monoisotopic (exact) mass is 419 g/mol. The van der Waals surface area contributed by atoms with Gasteiger partial charge in [-0.25, -0.2) is 4.98 Å². The number of nitrogens with zero attached hydrogens (tertiary/aromatic N) is 1. The van der Waals surface area contributed by atoms with Gasteiger partial charge in [0, 0.05) is 42.6 Å². The molecule has 0 amide bonds. The van der Waals surface area contributed by atoms with Crippen LogP contribution in [0.25, 0.3) is 0 Å². The van der Waals surface area contributed by atoms with E-state index in [9.17, 15) is 0 Å². The van der Waals surface area contributed by atoms with E-state index in [0.717, 1.165) is 48.8 Å². The van der Waals surface area contributed by atoms with E-state index in [1.165, 1.54) is 22.3 Å². The highest BCUT2D eigenvalue weighted by Gasteiger charge is 2.20. The van der Waals surface area contributed by atoms with Crippen molar-refractivity contribution in [1.29, 1.82) is 0 Å². The lowest BCUT2D eigenvalue weighted by Crippen LogP contribution is -2.27. The number of aromatic nitrogens is 2. The van der Waals surface area contributed by atoms with Crippen molar-refractivity contribution in [3.8, 4) is 0 Å². The Morgan fingerprint density at radius 2 is 1.93 bits per heavy atom. The van der Waals surface area contributed by atoms with Gasteiger partial charge in [-0.2, -0.15) is 0 Å². The molecule has 2 aromatic carbocycles. The minimum absolute atomic E-state index is 0.245. The van der Waals surface area contributed by atoms with Crippen molar-refractivity contribution < 1.29 is 4.74 Å². The molecule has 1 aromatic heterocycles. The van der Waals surface area contributed by atoms with Gasteiger partial charge in [-0.15, -0.1) is 0 Å². The Labute approximate surface area is 184 Å². The minimum Gasteiger partial charge on any atom is -0.381 e. The van der Waals surface area contributed by atoms with Crippen LogP contribution in [0.3, 0.4) is 0 Å². The van der Waals surface area contributed by atoms with Gasteiger partial charge in [0.2, 0.25) is 0 Å². The molecule has 5 heteroatoms. The molecule has 4 nitrogen and oxygen atoms in total. The van der Waals surface area contributed by atoms with Crippen molar-refractivity contribution in [2.24, 2.45) is 5.92 Å². The van der Waals surface area contributed by atoms with E-state index in [4.69, 9.17) is 17.0 Å². The molecule has 1 fully saturated rings. The van der Waals surface area contributed by atoms with Crippen molar-refractivity contribution in [2.45, 2.75) is 39.0 Å². The van der Waals surface area contributed by atoms with Gasteiger partial charge >= 0.3 is 0 Å². The number of H-pyrrole nitrogens is 1. The fraction of sp³-hybridized carbons (Fsp3) is 0.360.